The van der Waals surface area contributed by atoms with Gasteiger partial charge in [-0.1, -0.05) is 17.7 Å². The van der Waals surface area contributed by atoms with Gasteiger partial charge >= 0.3 is 11.9 Å². The highest BCUT2D eigenvalue weighted by molar-refractivity contribution is 6.29. The van der Waals surface area contributed by atoms with E-state index in [1.54, 1.807) is 6.07 Å². The lowest BCUT2D eigenvalue weighted by molar-refractivity contribution is -0.134. The van der Waals surface area contributed by atoms with E-state index in [1.807, 2.05) is 12.1 Å². The second-order valence-corrected chi connectivity index (χ2v) is 6.46. The predicted molar refractivity (Wildman–Crippen MR) is 91.9 cm³/mol. The minimum absolute atomic E-state index is 0.301. The number of nitrogens with zero attached hydrogens (tertiary/aromatic N) is 2. The van der Waals surface area contributed by atoms with Crippen LogP contribution in [-0.4, -0.2) is 57.3 Å². The second kappa shape index (κ2) is 8.82. The zero-order valence-corrected chi connectivity index (χ0v) is 14.6. The Morgan fingerprint density at radius 2 is 1.76 bits per heavy atom. The highest BCUT2D eigenvalue weighted by Crippen LogP contribution is 2.35. The number of halogens is 1. The van der Waals surface area contributed by atoms with Crippen LogP contribution < -0.4 is 4.74 Å². The van der Waals surface area contributed by atoms with Crippen molar-refractivity contribution < 1.29 is 24.5 Å². The fourth-order valence-electron chi connectivity index (χ4n) is 3.23. The highest BCUT2D eigenvalue weighted by atomic mass is 35.5. The fourth-order valence-corrected chi connectivity index (χ4v) is 3.38. The minimum atomic E-state index is -1.26. The van der Waals surface area contributed by atoms with Crippen LogP contribution in [0.4, 0.5) is 0 Å². The number of carboxylic acid groups (broad SMARTS) is 2. The molecule has 136 valence electrons. The van der Waals surface area contributed by atoms with Crippen molar-refractivity contribution in [3.63, 3.8) is 0 Å². The molecule has 7 nitrogen and oxygen atoms in total. The van der Waals surface area contributed by atoms with Gasteiger partial charge in [-0.25, -0.2) is 14.6 Å². The molecule has 2 aliphatic rings. The smallest absolute Gasteiger partial charge is 0.328 e. The Morgan fingerprint density at radius 3 is 2.24 bits per heavy atom. The molecule has 3 rings (SSSR count). The lowest BCUT2D eigenvalue weighted by atomic mass is 10.0. The van der Waals surface area contributed by atoms with Gasteiger partial charge in [0.2, 0.25) is 5.88 Å². The van der Waals surface area contributed by atoms with Gasteiger partial charge in [-0.15, -0.1) is 0 Å². The molecule has 2 aliphatic heterocycles. The number of hydrogen-bond acceptors (Lipinski definition) is 5. The Hall–Kier alpha value is -2.12. The Bertz CT molecular complexity index is 622. The molecule has 0 radical (unpaired) electrons. The van der Waals surface area contributed by atoms with E-state index in [1.165, 1.54) is 12.8 Å². The van der Waals surface area contributed by atoms with Crippen molar-refractivity contribution in [3.05, 3.63) is 35.5 Å². The van der Waals surface area contributed by atoms with Crippen LogP contribution >= 0.6 is 11.6 Å². The summed E-state index contributed by atoms with van der Waals surface area (Å²) in [5.41, 5.74) is 0. The molecular weight excluding hydrogens is 348 g/mol. The summed E-state index contributed by atoms with van der Waals surface area (Å²) in [6, 6.07) is 6.92. The molecule has 2 fully saturated rings. The number of carbonyl (C=O) groups is 2. The van der Waals surface area contributed by atoms with Crippen molar-refractivity contribution in [1.82, 2.24) is 9.88 Å². The van der Waals surface area contributed by atoms with Crippen molar-refractivity contribution in [1.29, 1.82) is 0 Å². The number of aliphatic carboxylic acids is 2. The number of carboxylic acids is 2. The number of piperidine rings is 1. The van der Waals surface area contributed by atoms with Crippen LogP contribution in [0.2, 0.25) is 5.15 Å². The standard InChI is InChI=1S/C13H17ClN2O.C4H4O4/c1-16-9-5-6-10(16)8-11(7-9)17-13-4-2-3-12(14)15-13;5-3(6)1-2-4(7)8/h2-4,9-11H,5-8H2,1H3;1-2H,(H,5,6)(H,7,8)/b;2-1+. The molecule has 0 spiro atoms. The van der Waals surface area contributed by atoms with E-state index in [0.717, 1.165) is 12.8 Å². The topological polar surface area (TPSA) is 100.0 Å². The SMILES string of the molecule is CN1C2CCC1CC(Oc1cccc(Cl)n1)C2.O=C(O)/C=C/C(=O)O. The number of fused-ring (bicyclic) bond motifs is 2. The predicted octanol–water partition coefficient (Wildman–Crippen LogP) is 2.45. The number of pyridine rings is 1. The van der Waals surface area contributed by atoms with E-state index in [0.29, 0.717) is 41.4 Å². The first-order valence-corrected chi connectivity index (χ1v) is 8.38. The molecule has 0 aromatic carbocycles. The number of aromatic nitrogens is 1. The van der Waals surface area contributed by atoms with Crippen LogP contribution in [0.3, 0.4) is 0 Å². The molecule has 1 aromatic rings. The molecule has 25 heavy (non-hydrogen) atoms. The third-order valence-electron chi connectivity index (χ3n) is 4.40. The van der Waals surface area contributed by atoms with Gasteiger partial charge in [-0.2, -0.15) is 0 Å². The van der Waals surface area contributed by atoms with Gasteiger partial charge < -0.3 is 19.8 Å². The molecule has 2 N–H and O–H groups in total. The maximum atomic E-state index is 9.55. The monoisotopic (exact) mass is 368 g/mol. The molecule has 0 saturated carbocycles. The van der Waals surface area contributed by atoms with Crippen LogP contribution in [0.25, 0.3) is 0 Å². The Kier molecular flexibility index (Phi) is 6.78. The van der Waals surface area contributed by atoms with Crippen LogP contribution in [0, 0.1) is 0 Å². The lowest BCUT2D eigenvalue weighted by Gasteiger charge is -2.36. The average Bonchev–Trinajstić information content (AvgIpc) is 2.75. The number of ether oxygens (including phenoxy) is 1. The molecular formula is C17H21ClN2O5. The molecule has 3 heterocycles. The fraction of sp³-hybridized carbons (Fsp3) is 0.471. The summed E-state index contributed by atoms with van der Waals surface area (Å²) in [6.45, 7) is 0. The molecule has 0 aliphatic carbocycles. The van der Waals surface area contributed by atoms with E-state index >= 15 is 0 Å². The van der Waals surface area contributed by atoms with Crippen molar-refractivity contribution >= 4 is 23.5 Å². The largest absolute Gasteiger partial charge is 0.478 e. The van der Waals surface area contributed by atoms with E-state index in [4.69, 9.17) is 26.6 Å². The van der Waals surface area contributed by atoms with Crippen LogP contribution in [0.1, 0.15) is 25.7 Å². The van der Waals surface area contributed by atoms with E-state index in [2.05, 4.69) is 16.9 Å². The zero-order valence-electron chi connectivity index (χ0n) is 13.8. The summed E-state index contributed by atoms with van der Waals surface area (Å²) in [5, 5.41) is 16.1. The van der Waals surface area contributed by atoms with Gasteiger partial charge in [0.1, 0.15) is 11.3 Å². The van der Waals surface area contributed by atoms with Gasteiger partial charge in [0.05, 0.1) is 0 Å². The average molecular weight is 369 g/mol. The van der Waals surface area contributed by atoms with Gasteiger partial charge in [0, 0.05) is 30.3 Å². The van der Waals surface area contributed by atoms with E-state index in [9.17, 15) is 9.59 Å². The molecule has 8 heteroatoms. The third kappa shape index (κ3) is 6.03. The number of rotatable bonds is 4. The third-order valence-corrected chi connectivity index (χ3v) is 4.61. The summed E-state index contributed by atoms with van der Waals surface area (Å²) < 4.78 is 5.94. The lowest BCUT2D eigenvalue weighted by Crippen LogP contribution is -2.43. The van der Waals surface area contributed by atoms with Crippen molar-refractivity contribution in [3.8, 4) is 5.88 Å². The highest BCUT2D eigenvalue weighted by Gasteiger charge is 2.39. The van der Waals surface area contributed by atoms with E-state index < -0.39 is 11.9 Å². The molecule has 2 unspecified atom stereocenters. The normalized spacial score (nSPS) is 25.3. The Morgan fingerprint density at radius 1 is 1.20 bits per heavy atom. The van der Waals surface area contributed by atoms with Crippen molar-refractivity contribution in [2.45, 2.75) is 43.9 Å². The van der Waals surface area contributed by atoms with Gasteiger partial charge in [-0.3, -0.25) is 0 Å². The first-order valence-electron chi connectivity index (χ1n) is 8.00. The van der Waals surface area contributed by atoms with E-state index in [-0.39, 0.29) is 0 Å². The van der Waals surface area contributed by atoms with Crippen molar-refractivity contribution in [2.24, 2.45) is 0 Å². The Labute approximate surface area is 150 Å². The van der Waals surface area contributed by atoms with Crippen molar-refractivity contribution in [2.75, 3.05) is 7.05 Å². The summed E-state index contributed by atoms with van der Waals surface area (Å²) in [7, 11) is 2.23. The Balaban J connectivity index is 0.000000242. The molecule has 0 amide bonds. The molecule has 2 saturated heterocycles. The van der Waals surface area contributed by atoms with Crippen LogP contribution in [0.15, 0.2) is 30.4 Å². The maximum Gasteiger partial charge on any atom is 0.328 e. The molecule has 2 atom stereocenters. The van der Waals surface area contributed by atoms with Gasteiger partial charge in [0.25, 0.3) is 0 Å². The molecule has 2 bridgehead atoms. The summed E-state index contributed by atoms with van der Waals surface area (Å²) in [4.78, 5) is 25.8. The summed E-state index contributed by atoms with van der Waals surface area (Å²) in [5.74, 6) is -1.86. The second-order valence-electron chi connectivity index (χ2n) is 6.07. The maximum absolute atomic E-state index is 9.55. The van der Waals surface area contributed by atoms with Gasteiger partial charge in [0.15, 0.2) is 0 Å². The number of hydrogen-bond donors (Lipinski definition) is 2. The van der Waals surface area contributed by atoms with Crippen LogP contribution in [-0.2, 0) is 9.59 Å². The zero-order chi connectivity index (χ0) is 18.4. The summed E-state index contributed by atoms with van der Waals surface area (Å²) in [6.07, 6.45) is 6.26. The van der Waals surface area contributed by atoms with Crippen LogP contribution in [0.5, 0.6) is 5.88 Å². The molecule has 1 aromatic heterocycles. The first kappa shape index (κ1) is 19.2. The first-order chi connectivity index (χ1) is 11.8. The quantitative estimate of drug-likeness (QED) is 0.621. The minimum Gasteiger partial charge on any atom is -0.478 e. The van der Waals surface area contributed by atoms with Gasteiger partial charge in [-0.05, 0) is 38.8 Å². The summed E-state index contributed by atoms with van der Waals surface area (Å²) >= 11 is 5.86.